The highest BCUT2D eigenvalue weighted by molar-refractivity contribution is 7.99. The first-order valence-corrected chi connectivity index (χ1v) is 8.67. The topological polar surface area (TPSA) is 47.3 Å². The van der Waals surface area contributed by atoms with E-state index in [0.717, 1.165) is 11.4 Å². The van der Waals surface area contributed by atoms with Gasteiger partial charge >= 0.3 is 0 Å². The van der Waals surface area contributed by atoms with E-state index in [0.29, 0.717) is 17.7 Å². The molecular formula is C19H20N2O2S. The number of thioether (sulfide) groups is 1. The van der Waals surface area contributed by atoms with Crippen LogP contribution in [0.2, 0.25) is 0 Å². The molecule has 1 aromatic heterocycles. The third kappa shape index (κ3) is 4.32. The lowest BCUT2D eigenvalue weighted by Gasteiger charge is -2.12. The maximum atomic E-state index is 5.16. The Labute approximate surface area is 146 Å². The van der Waals surface area contributed by atoms with Gasteiger partial charge in [-0.25, -0.2) is 0 Å². The molecule has 124 valence electrons. The lowest BCUT2D eigenvalue weighted by molar-refractivity contribution is 0.328. The van der Waals surface area contributed by atoms with Gasteiger partial charge in [0.1, 0.15) is 0 Å². The summed E-state index contributed by atoms with van der Waals surface area (Å²) in [5.74, 6) is 1.23. The predicted molar refractivity (Wildman–Crippen MR) is 97.5 cm³/mol. The molecule has 3 aromatic rings. The average molecular weight is 340 g/mol. The molecule has 0 spiro atoms. The van der Waals surface area contributed by atoms with E-state index in [1.54, 1.807) is 13.2 Å². The van der Waals surface area contributed by atoms with E-state index in [-0.39, 0.29) is 0 Å². The summed E-state index contributed by atoms with van der Waals surface area (Å²) in [5, 5.41) is 7.51. The minimum Gasteiger partial charge on any atom is -0.479 e. The van der Waals surface area contributed by atoms with Crippen LogP contribution in [0.5, 0.6) is 5.88 Å². The molecule has 5 heteroatoms. The molecule has 1 N–H and O–H groups in total. The summed E-state index contributed by atoms with van der Waals surface area (Å²) < 4.78 is 10.2. The van der Waals surface area contributed by atoms with E-state index in [1.165, 1.54) is 10.5 Å². The predicted octanol–water partition coefficient (Wildman–Crippen LogP) is 5.15. The zero-order valence-corrected chi connectivity index (χ0v) is 14.5. The van der Waals surface area contributed by atoms with Gasteiger partial charge < -0.3 is 14.6 Å². The summed E-state index contributed by atoms with van der Waals surface area (Å²) in [7, 11) is 1.57. The van der Waals surface area contributed by atoms with Crippen LogP contribution in [0.15, 0.2) is 70.1 Å². The van der Waals surface area contributed by atoms with Gasteiger partial charge in [0, 0.05) is 21.9 Å². The Hall–Kier alpha value is -2.40. The van der Waals surface area contributed by atoms with Crippen molar-refractivity contribution in [2.75, 3.05) is 12.4 Å². The molecular weight excluding hydrogens is 320 g/mol. The van der Waals surface area contributed by atoms with Crippen molar-refractivity contribution >= 4 is 17.4 Å². The van der Waals surface area contributed by atoms with Gasteiger partial charge in [0.05, 0.1) is 13.7 Å². The van der Waals surface area contributed by atoms with Crippen LogP contribution in [0, 0.1) is 0 Å². The molecule has 0 radical (unpaired) electrons. The summed E-state index contributed by atoms with van der Waals surface area (Å²) in [6, 6.07) is 20.7. The van der Waals surface area contributed by atoms with Crippen LogP contribution in [-0.4, -0.2) is 12.3 Å². The van der Waals surface area contributed by atoms with Crippen molar-refractivity contribution in [2.45, 2.75) is 23.6 Å². The number of nitrogens with zero attached hydrogens (tertiary/aromatic N) is 1. The second-order valence-corrected chi connectivity index (χ2v) is 6.80. The number of rotatable bonds is 7. The highest BCUT2D eigenvalue weighted by Crippen LogP contribution is 2.34. The number of methoxy groups -OCH3 is 1. The molecule has 1 heterocycles. The molecule has 1 unspecified atom stereocenters. The van der Waals surface area contributed by atoms with E-state index in [2.05, 4.69) is 65.9 Å². The second kappa shape index (κ2) is 7.93. The van der Waals surface area contributed by atoms with E-state index in [1.807, 2.05) is 17.8 Å². The number of benzene rings is 2. The smallest absolute Gasteiger partial charge is 0.254 e. The van der Waals surface area contributed by atoms with Gasteiger partial charge in [-0.2, -0.15) is 0 Å². The van der Waals surface area contributed by atoms with Gasteiger partial charge in [0.25, 0.3) is 5.88 Å². The molecule has 0 saturated carbocycles. The van der Waals surface area contributed by atoms with Gasteiger partial charge in [-0.3, -0.25) is 0 Å². The minimum atomic E-state index is 0.403. The van der Waals surface area contributed by atoms with Crippen molar-refractivity contribution in [3.63, 3.8) is 0 Å². The van der Waals surface area contributed by atoms with Gasteiger partial charge in [-0.1, -0.05) is 30.3 Å². The van der Waals surface area contributed by atoms with E-state index in [9.17, 15) is 0 Å². The van der Waals surface area contributed by atoms with Crippen LogP contribution >= 0.6 is 11.8 Å². The van der Waals surface area contributed by atoms with Gasteiger partial charge in [-0.05, 0) is 41.9 Å². The lowest BCUT2D eigenvalue weighted by Crippen LogP contribution is -1.98. The van der Waals surface area contributed by atoms with Crippen LogP contribution < -0.4 is 10.1 Å². The highest BCUT2D eigenvalue weighted by atomic mass is 32.2. The Morgan fingerprint density at radius 3 is 2.54 bits per heavy atom. The maximum absolute atomic E-state index is 5.16. The standard InChI is InChI=1S/C19H20N2O2S/c1-14(24-18-6-4-3-5-7-18)15-8-10-16(11-9-15)20-13-17-12-19(22-2)21-23-17/h3-12,14,20H,13H2,1-2H3. The molecule has 0 amide bonds. The lowest BCUT2D eigenvalue weighted by atomic mass is 10.1. The van der Waals surface area contributed by atoms with E-state index < -0.39 is 0 Å². The number of nitrogens with one attached hydrogen (secondary N) is 1. The first-order chi connectivity index (χ1) is 11.7. The third-order valence-electron chi connectivity index (χ3n) is 3.65. The molecule has 24 heavy (non-hydrogen) atoms. The van der Waals surface area contributed by atoms with Crippen LogP contribution in [0.3, 0.4) is 0 Å². The quantitative estimate of drug-likeness (QED) is 0.603. The summed E-state index contributed by atoms with van der Waals surface area (Å²) >= 11 is 1.86. The average Bonchev–Trinajstić information content (AvgIpc) is 3.09. The largest absolute Gasteiger partial charge is 0.479 e. The van der Waals surface area contributed by atoms with Crippen molar-refractivity contribution in [3.05, 3.63) is 72.0 Å². The number of anilines is 1. The van der Waals surface area contributed by atoms with Gasteiger partial charge in [0.15, 0.2) is 5.76 Å². The molecule has 0 fully saturated rings. The number of ether oxygens (including phenoxy) is 1. The van der Waals surface area contributed by atoms with E-state index in [4.69, 9.17) is 9.26 Å². The van der Waals surface area contributed by atoms with Crippen LogP contribution in [0.25, 0.3) is 0 Å². The zero-order valence-electron chi connectivity index (χ0n) is 13.7. The fourth-order valence-corrected chi connectivity index (χ4v) is 3.32. The summed E-state index contributed by atoms with van der Waals surface area (Å²) in [4.78, 5) is 1.28. The molecule has 2 aromatic carbocycles. The molecule has 0 aliphatic carbocycles. The van der Waals surface area contributed by atoms with E-state index >= 15 is 0 Å². The first-order valence-electron chi connectivity index (χ1n) is 7.80. The Bertz CT molecular complexity index is 757. The summed E-state index contributed by atoms with van der Waals surface area (Å²) in [6.07, 6.45) is 0. The molecule has 0 bridgehead atoms. The SMILES string of the molecule is COc1cc(CNc2ccc(C(C)Sc3ccccc3)cc2)on1. The second-order valence-electron chi connectivity index (χ2n) is 5.38. The minimum absolute atomic E-state index is 0.403. The van der Waals surface area contributed by atoms with Crippen molar-refractivity contribution in [3.8, 4) is 5.88 Å². The molecule has 0 aliphatic heterocycles. The zero-order chi connectivity index (χ0) is 16.8. The van der Waals surface area contributed by atoms with Crippen LogP contribution in [0.4, 0.5) is 5.69 Å². The fourth-order valence-electron chi connectivity index (χ4n) is 2.31. The summed E-state index contributed by atoms with van der Waals surface area (Å²) in [5.41, 5.74) is 2.35. The van der Waals surface area contributed by atoms with Crippen molar-refractivity contribution in [1.29, 1.82) is 0 Å². The van der Waals surface area contributed by atoms with Crippen molar-refractivity contribution in [2.24, 2.45) is 0 Å². The Balaban J connectivity index is 1.56. The number of hydrogen-bond donors (Lipinski definition) is 1. The highest BCUT2D eigenvalue weighted by Gasteiger charge is 2.08. The Kier molecular flexibility index (Phi) is 5.43. The number of aromatic nitrogens is 1. The molecule has 0 saturated heterocycles. The Morgan fingerprint density at radius 2 is 1.88 bits per heavy atom. The molecule has 3 rings (SSSR count). The van der Waals surface area contributed by atoms with Crippen molar-refractivity contribution < 1.29 is 9.26 Å². The van der Waals surface area contributed by atoms with Crippen LogP contribution in [0.1, 0.15) is 23.5 Å². The third-order valence-corrected chi connectivity index (χ3v) is 4.82. The van der Waals surface area contributed by atoms with Gasteiger partial charge in [0.2, 0.25) is 0 Å². The van der Waals surface area contributed by atoms with Crippen LogP contribution in [-0.2, 0) is 6.54 Å². The first kappa shape index (κ1) is 16.5. The van der Waals surface area contributed by atoms with Gasteiger partial charge in [-0.15, -0.1) is 11.8 Å². The normalized spacial score (nSPS) is 11.9. The number of hydrogen-bond acceptors (Lipinski definition) is 5. The molecule has 4 nitrogen and oxygen atoms in total. The molecule has 0 aliphatic rings. The summed E-state index contributed by atoms with van der Waals surface area (Å²) in [6.45, 7) is 2.80. The molecule has 1 atom stereocenters. The van der Waals surface area contributed by atoms with Crippen molar-refractivity contribution in [1.82, 2.24) is 5.16 Å². The maximum Gasteiger partial charge on any atom is 0.254 e. The Morgan fingerprint density at radius 1 is 1.12 bits per heavy atom. The monoisotopic (exact) mass is 340 g/mol. The fraction of sp³-hybridized carbons (Fsp3) is 0.211.